The number of benzene rings is 2. The van der Waals surface area contributed by atoms with Gasteiger partial charge in [0.2, 0.25) is 0 Å². The number of fused-ring (bicyclic) bond motifs is 3. The minimum atomic E-state index is -0.539. The van der Waals surface area contributed by atoms with Crippen LogP contribution in [-0.4, -0.2) is 23.4 Å². The summed E-state index contributed by atoms with van der Waals surface area (Å²) in [6, 6.07) is 15.8. The number of ether oxygens (including phenoxy) is 2. The molecule has 4 nitrogen and oxygen atoms in total. The van der Waals surface area contributed by atoms with Crippen LogP contribution in [0.5, 0.6) is 0 Å². The third-order valence-corrected chi connectivity index (χ3v) is 4.03. The molecule has 3 aromatic rings. The van der Waals surface area contributed by atoms with Gasteiger partial charge in [0.15, 0.2) is 6.29 Å². The van der Waals surface area contributed by atoms with Crippen molar-refractivity contribution < 1.29 is 14.3 Å². The first kappa shape index (κ1) is 15.6. The van der Waals surface area contributed by atoms with Crippen LogP contribution >= 0.6 is 0 Å². The standard InChI is InChI=1S/C19H21NO3/c1-4-22-14(3)23-19(21)13(2)20-17-11-7-5-9-15(17)16-10-6-8-12-18(16)20/h5-14H,4H2,1-3H3. The van der Waals surface area contributed by atoms with Gasteiger partial charge in [0.1, 0.15) is 6.04 Å². The highest BCUT2D eigenvalue weighted by Gasteiger charge is 2.23. The van der Waals surface area contributed by atoms with E-state index in [0.29, 0.717) is 6.61 Å². The number of carbonyl (C=O) groups excluding carboxylic acids is 1. The van der Waals surface area contributed by atoms with Crippen LogP contribution < -0.4 is 0 Å². The van der Waals surface area contributed by atoms with Gasteiger partial charge >= 0.3 is 5.97 Å². The van der Waals surface area contributed by atoms with Crippen LogP contribution in [0.4, 0.5) is 0 Å². The number of hydrogen-bond donors (Lipinski definition) is 0. The van der Waals surface area contributed by atoms with Gasteiger partial charge in [0.25, 0.3) is 0 Å². The summed E-state index contributed by atoms with van der Waals surface area (Å²) in [5.41, 5.74) is 2.06. The molecule has 0 bridgehead atoms. The largest absolute Gasteiger partial charge is 0.435 e. The van der Waals surface area contributed by atoms with Crippen LogP contribution in [-0.2, 0) is 14.3 Å². The van der Waals surface area contributed by atoms with Crippen molar-refractivity contribution in [3.63, 3.8) is 0 Å². The lowest BCUT2D eigenvalue weighted by Gasteiger charge is -2.19. The zero-order valence-electron chi connectivity index (χ0n) is 13.7. The second-order valence-electron chi connectivity index (χ2n) is 5.54. The number of nitrogens with zero attached hydrogens (tertiary/aromatic N) is 1. The summed E-state index contributed by atoms with van der Waals surface area (Å²) >= 11 is 0. The maximum Gasteiger partial charge on any atom is 0.331 e. The van der Waals surface area contributed by atoms with Crippen LogP contribution in [0.15, 0.2) is 48.5 Å². The average Bonchev–Trinajstić information content (AvgIpc) is 2.89. The van der Waals surface area contributed by atoms with Gasteiger partial charge in [-0.3, -0.25) is 0 Å². The topological polar surface area (TPSA) is 40.5 Å². The van der Waals surface area contributed by atoms with Crippen LogP contribution in [0.25, 0.3) is 21.8 Å². The van der Waals surface area contributed by atoms with Gasteiger partial charge in [-0.1, -0.05) is 36.4 Å². The van der Waals surface area contributed by atoms with E-state index in [1.807, 2.05) is 54.8 Å². The van der Waals surface area contributed by atoms with Crippen LogP contribution in [0.1, 0.15) is 26.8 Å². The molecule has 3 rings (SSSR count). The van der Waals surface area contributed by atoms with Gasteiger partial charge in [-0.05, 0) is 32.9 Å². The molecule has 2 aromatic carbocycles. The fourth-order valence-corrected chi connectivity index (χ4v) is 3.01. The second kappa shape index (κ2) is 6.42. The second-order valence-corrected chi connectivity index (χ2v) is 5.54. The number of hydrogen-bond acceptors (Lipinski definition) is 3. The number of carbonyl (C=O) groups is 1. The molecule has 0 amide bonds. The number of rotatable bonds is 5. The van der Waals surface area contributed by atoms with Crippen molar-refractivity contribution in [3.05, 3.63) is 48.5 Å². The molecule has 0 aliphatic rings. The third kappa shape index (κ3) is 2.82. The normalized spacial score (nSPS) is 14.0. The summed E-state index contributed by atoms with van der Waals surface area (Å²) in [4.78, 5) is 12.5. The Bertz CT molecular complexity index is 784. The summed E-state index contributed by atoms with van der Waals surface area (Å²) in [7, 11) is 0. The number of para-hydroxylation sites is 2. The Labute approximate surface area is 135 Å². The Morgan fingerprint density at radius 2 is 1.52 bits per heavy atom. The Balaban J connectivity index is 2.05. The molecular formula is C19H21NO3. The molecule has 2 unspecified atom stereocenters. The predicted octanol–water partition coefficient (Wildman–Crippen LogP) is 4.28. The maximum atomic E-state index is 12.5. The minimum Gasteiger partial charge on any atom is -0.435 e. The molecule has 0 aliphatic carbocycles. The predicted molar refractivity (Wildman–Crippen MR) is 91.3 cm³/mol. The van der Waals surface area contributed by atoms with Gasteiger partial charge in [-0.25, -0.2) is 4.79 Å². The molecule has 1 heterocycles. The fourth-order valence-electron chi connectivity index (χ4n) is 3.01. The summed E-state index contributed by atoms with van der Waals surface area (Å²) < 4.78 is 12.7. The number of aromatic nitrogens is 1. The summed E-state index contributed by atoms with van der Waals surface area (Å²) in [5, 5.41) is 2.28. The van der Waals surface area contributed by atoms with E-state index in [0.717, 1.165) is 21.8 Å². The highest BCUT2D eigenvalue weighted by molar-refractivity contribution is 6.08. The van der Waals surface area contributed by atoms with E-state index in [9.17, 15) is 4.79 Å². The lowest BCUT2D eigenvalue weighted by molar-refractivity contribution is -0.177. The summed E-state index contributed by atoms with van der Waals surface area (Å²) in [5.74, 6) is -0.294. The van der Waals surface area contributed by atoms with Gasteiger partial charge in [0.05, 0.1) is 0 Å². The van der Waals surface area contributed by atoms with E-state index in [1.165, 1.54) is 0 Å². The maximum absolute atomic E-state index is 12.5. The molecule has 1 aromatic heterocycles. The molecule has 2 atom stereocenters. The quantitative estimate of drug-likeness (QED) is 0.521. The smallest absolute Gasteiger partial charge is 0.331 e. The number of esters is 1. The van der Waals surface area contributed by atoms with Crippen molar-refractivity contribution in [1.29, 1.82) is 0 Å². The van der Waals surface area contributed by atoms with Crippen molar-refractivity contribution in [2.45, 2.75) is 33.1 Å². The zero-order valence-corrected chi connectivity index (χ0v) is 13.7. The minimum absolute atomic E-state index is 0.294. The first-order valence-corrected chi connectivity index (χ1v) is 7.93. The molecule has 120 valence electrons. The van der Waals surface area contributed by atoms with Crippen molar-refractivity contribution in [3.8, 4) is 0 Å². The Morgan fingerprint density at radius 1 is 1.00 bits per heavy atom. The molecule has 23 heavy (non-hydrogen) atoms. The first-order chi connectivity index (χ1) is 11.1. The first-order valence-electron chi connectivity index (χ1n) is 7.93. The van der Waals surface area contributed by atoms with E-state index < -0.39 is 12.3 Å². The van der Waals surface area contributed by atoms with E-state index >= 15 is 0 Å². The van der Waals surface area contributed by atoms with Crippen molar-refractivity contribution in [1.82, 2.24) is 4.57 Å². The lowest BCUT2D eigenvalue weighted by atomic mass is 10.2. The highest BCUT2D eigenvalue weighted by atomic mass is 16.7. The molecule has 4 heteroatoms. The van der Waals surface area contributed by atoms with Crippen LogP contribution in [0, 0.1) is 0 Å². The Morgan fingerprint density at radius 3 is 2.04 bits per heavy atom. The van der Waals surface area contributed by atoms with Gasteiger partial charge in [-0.2, -0.15) is 0 Å². The zero-order chi connectivity index (χ0) is 16.4. The summed E-state index contributed by atoms with van der Waals surface area (Å²) in [6.07, 6.45) is -0.539. The average molecular weight is 311 g/mol. The molecule has 0 N–H and O–H groups in total. The van der Waals surface area contributed by atoms with E-state index in [1.54, 1.807) is 6.92 Å². The molecule has 0 radical (unpaired) electrons. The molecule has 0 aliphatic heterocycles. The summed E-state index contributed by atoms with van der Waals surface area (Å²) in [6.45, 7) is 5.98. The SMILES string of the molecule is CCOC(C)OC(=O)C(C)n1c2ccccc2c2ccccc21. The third-order valence-electron chi connectivity index (χ3n) is 4.03. The van der Waals surface area contributed by atoms with Crippen molar-refractivity contribution in [2.75, 3.05) is 6.61 Å². The van der Waals surface area contributed by atoms with Crippen LogP contribution in [0.2, 0.25) is 0 Å². The molecule has 0 saturated heterocycles. The molecule has 0 spiro atoms. The highest BCUT2D eigenvalue weighted by Crippen LogP contribution is 2.32. The van der Waals surface area contributed by atoms with Crippen LogP contribution in [0.3, 0.4) is 0 Å². The van der Waals surface area contributed by atoms with Gasteiger partial charge in [0, 0.05) is 28.4 Å². The monoisotopic (exact) mass is 311 g/mol. The van der Waals surface area contributed by atoms with E-state index in [-0.39, 0.29) is 5.97 Å². The van der Waals surface area contributed by atoms with Gasteiger partial charge < -0.3 is 14.0 Å². The fraction of sp³-hybridized carbons (Fsp3) is 0.316. The van der Waals surface area contributed by atoms with E-state index in [2.05, 4.69) is 12.1 Å². The van der Waals surface area contributed by atoms with Crippen molar-refractivity contribution >= 4 is 27.8 Å². The van der Waals surface area contributed by atoms with Gasteiger partial charge in [-0.15, -0.1) is 0 Å². The Kier molecular flexibility index (Phi) is 4.35. The molecule has 0 saturated carbocycles. The lowest BCUT2D eigenvalue weighted by Crippen LogP contribution is -2.25. The van der Waals surface area contributed by atoms with Crippen molar-refractivity contribution in [2.24, 2.45) is 0 Å². The Hall–Kier alpha value is -2.33. The molecular weight excluding hydrogens is 290 g/mol. The van der Waals surface area contributed by atoms with E-state index in [4.69, 9.17) is 9.47 Å². The molecule has 0 fully saturated rings.